The fraction of sp³-hybridized carbons (Fsp3) is 0.535. The Morgan fingerprint density at radius 2 is 1.93 bits per heavy atom. The summed E-state index contributed by atoms with van der Waals surface area (Å²) in [5.74, 6) is 1.10. The molecule has 14 heteroatoms. The summed E-state index contributed by atoms with van der Waals surface area (Å²) in [5, 5.41) is 23.3. The van der Waals surface area contributed by atoms with E-state index in [-0.39, 0.29) is 27.9 Å². The van der Waals surface area contributed by atoms with Gasteiger partial charge in [-0.05, 0) is 126 Å². The minimum absolute atomic E-state index is 0.0718. The third-order valence-electron chi connectivity index (χ3n) is 12.9. The normalized spacial score (nSPS) is 27.3. The van der Waals surface area contributed by atoms with E-state index in [4.69, 9.17) is 20.4 Å². The van der Waals surface area contributed by atoms with Gasteiger partial charge in [0.2, 0.25) is 0 Å². The molecule has 1 aliphatic heterocycles. The van der Waals surface area contributed by atoms with Crippen LogP contribution in [0.5, 0.6) is 0 Å². The Morgan fingerprint density at radius 1 is 1.14 bits per heavy atom. The van der Waals surface area contributed by atoms with Gasteiger partial charge in [0.05, 0.1) is 22.4 Å². The summed E-state index contributed by atoms with van der Waals surface area (Å²) in [6, 6.07) is 8.44. The number of carbonyl (C=O) groups is 1. The fourth-order valence-corrected chi connectivity index (χ4v) is 11.9. The number of nitrogens with one attached hydrogen (secondary N) is 1. The Morgan fingerprint density at radius 3 is 2.67 bits per heavy atom. The van der Waals surface area contributed by atoms with Gasteiger partial charge < -0.3 is 30.7 Å². The molecule has 5 atom stereocenters. The number of likely N-dealkylation sites (N-methyl/N-ethyl adjacent to an activating group) is 1. The zero-order chi connectivity index (χ0) is 40.3. The molecular formula is C43H54FN9O3S. The molecule has 3 aromatic heterocycles. The molecule has 1 aromatic carbocycles. The van der Waals surface area contributed by atoms with Crippen molar-refractivity contribution in [3.8, 4) is 0 Å². The minimum atomic E-state index is -1.15. The van der Waals surface area contributed by atoms with E-state index >= 15 is 0 Å². The van der Waals surface area contributed by atoms with Crippen molar-refractivity contribution in [2.75, 3.05) is 50.6 Å². The predicted octanol–water partition coefficient (Wildman–Crippen LogP) is 8.16. The summed E-state index contributed by atoms with van der Waals surface area (Å²) < 4.78 is 21.6. The van der Waals surface area contributed by atoms with E-state index in [2.05, 4.69) is 53.3 Å². The first-order chi connectivity index (χ1) is 27.2. The van der Waals surface area contributed by atoms with E-state index in [1.807, 2.05) is 24.8 Å². The lowest BCUT2D eigenvalue weighted by Crippen LogP contribution is -2.52. The van der Waals surface area contributed by atoms with Crippen LogP contribution in [0, 0.1) is 35.4 Å². The number of rotatable bonds is 12. The Labute approximate surface area is 337 Å². The Balaban J connectivity index is 1.02. The summed E-state index contributed by atoms with van der Waals surface area (Å²) in [6.45, 7) is 11.7. The van der Waals surface area contributed by atoms with Crippen molar-refractivity contribution in [1.29, 1.82) is 0 Å². The lowest BCUT2D eigenvalue weighted by molar-refractivity contribution is -0.165. The van der Waals surface area contributed by atoms with E-state index < -0.39 is 5.97 Å². The number of thiazole rings is 1. The first-order valence-electron chi connectivity index (χ1n) is 20.1. The summed E-state index contributed by atoms with van der Waals surface area (Å²) in [6.07, 6.45) is 9.87. The van der Waals surface area contributed by atoms with Gasteiger partial charge in [-0.2, -0.15) is 0 Å². The SMILES string of the molecule is CC(=NCC1CC2(C)CC3(C)CC1CC(OCCN(C)C)(C2)C3)C(=CN)c1ccc(N2CCCc3c2nnc(Nc2nc4cccc(F)c4s2)c3C)nc1C(=O)O. The highest BCUT2D eigenvalue weighted by Crippen LogP contribution is 2.66. The lowest BCUT2D eigenvalue weighted by atomic mass is 9.53. The lowest BCUT2D eigenvalue weighted by Gasteiger charge is -2.56. The zero-order valence-corrected chi connectivity index (χ0v) is 34.7. The summed E-state index contributed by atoms with van der Waals surface area (Å²) >= 11 is 1.22. The monoisotopic (exact) mass is 795 g/mol. The van der Waals surface area contributed by atoms with Crippen LogP contribution in [0.1, 0.15) is 92.9 Å². The molecule has 4 N–H and O–H groups in total. The van der Waals surface area contributed by atoms with Gasteiger partial charge in [-0.1, -0.05) is 31.3 Å². The molecule has 0 saturated heterocycles. The van der Waals surface area contributed by atoms with Crippen molar-refractivity contribution in [3.05, 3.63) is 64.7 Å². The highest BCUT2D eigenvalue weighted by molar-refractivity contribution is 7.22. The molecule has 4 saturated carbocycles. The van der Waals surface area contributed by atoms with Crippen LogP contribution in [-0.4, -0.2) is 87.8 Å². The zero-order valence-electron chi connectivity index (χ0n) is 33.9. The van der Waals surface area contributed by atoms with Crippen molar-refractivity contribution in [1.82, 2.24) is 25.1 Å². The number of carboxylic acid groups (broad SMARTS) is 1. The number of carboxylic acids is 1. The maximum absolute atomic E-state index is 14.3. The number of aromatic carboxylic acids is 1. The van der Waals surface area contributed by atoms with Gasteiger partial charge in [0.15, 0.2) is 22.5 Å². The molecule has 0 radical (unpaired) electrons. The third kappa shape index (κ3) is 7.63. The molecule has 4 heterocycles. The molecule has 12 nitrogen and oxygen atoms in total. The number of hydrogen-bond donors (Lipinski definition) is 3. The van der Waals surface area contributed by atoms with E-state index in [9.17, 15) is 14.3 Å². The number of pyridine rings is 1. The van der Waals surface area contributed by atoms with Gasteiger partial charge in [0, 0.05) is 53.8 Å². The average Bonchev–Trinajstić information content (AvgIpc) is 3.51. The molecule has 0 amide bonds. The number of ether oxygens (including phenoxy) is 1. The summed E-state index contributed by atoms with van der Waals surface area (Å²) in [7, 11) is 4.19. The van der Waals surface area contributed by atoms with E-state index in [1.165, 1.54) is 36.4 Å². The van der Waals surface area contributed by atoms with Crippen molar-refractivity contribution >= 4 is 61.4 Å². The van der Waals surface area contributed by atoms with E-state index in [1.54, 1.807) is 18.2 Å². The van der Waals surface area contributed by atoms with E-state index in [0.29, 0.717) is 74.6 Å². The van der Waals surface area contributed by atoms with Crippen molar-refractivity contribution in [2.45, 2.75) is 84.7 Å². The van der Waals surface area contributed by atoms with Crippen LogP contribution in [0.2, 0.25) is 0 Å². The summed E-state index contributed by atoms with van der Waals surface area (Å²) in [5.41, 5.74) is 10.7. The molecule has 5 aliphatic rings. The molecule has 0 spiro atoms. The smallest absolute Gasteiger partial charge is 0.355 e. The Hall–Kier alpha value is -4.53. The second-order valence-electron chi connectivity index (χ2n) is 18.0. The Kier molecular flexibility index (Phi) is 10.3. The second-order valence-corrected chi connectivity index (χ2v) is 19.0. The van der Waals surface area contributed by atoms with Gasteiger partial charge in [-0.3, -0.25) is 4.99 Å². The second kappa shape index (κ2) is 15.0. The highest BCUT2D eigenvalue weighted by atomic mass is 32.1. The van der Waals surface area contributed by atoms with Crippen molar-refractivity contribution in [3.63, 3.8) is 0 Å². The maximum Gasteiger partial charge on any atom is 0.355 e. The first-order valence-corrected chi connectivity index (χ1v) is 20.9. The highest BCUT2D eigenvalue weighted by Gasteiger charge is 2.60. The van der Waals surface area contributed by atoms with Crippen molar-refractivity contribution in [2.24, 2.45) is 33.4 Å². The molecule has 57 heavy (non-hydrogen) atoms. The van der Waals surface area contributed by atoms with Gasteiger partial charge in [-0.25, -0.2) is 19.2 Å². The summed E-state index contributed by atoms with van der Waals surface area (Å²) in [4.78, 5) is 31.3. The van der Waals surface area contributed by atoms with Gasteiger partial charge in [0.1, 0.15) is 11.6 Å². The molecule has 4 aromatic rings. The predicted molar refractivity (Wildman–Crippen MR) is 224 cm³/mol. The molecule has 4 aliphatic carbocycles. The number of hydrogen-bond acceptors (Lipinski definition) is 12. The molecule has 302 valence electrons. The van der Waals surface area contributed by atoms with Gasteiger partial charge >= 0.3 is 5.97 Å². The van der Waals surface area contributed by atoms with Crippen LogP contribution in [0.25, 0.3) is 15.8 Å². The molecule has 4 bridgehead atoms. The number of fused-ring (bicyclic) bond motifs is 3. The number of benzene rings is 1. The number of anilines is 4. The maximum atomic E-state index is 14.3. The third-order valence-corrected chi connectivity index (χ3v) is 13.9. The van der Waals surface area contributed by atoms with Gasteiger partial charge in [0.25, 0.3) is 0 Å². The number of aliphatic imine (C=N–C) groups is 1. The number of nitrogens with zero attached hydrogens (tertiary/aromatic N) is 7. The molecule has 4 fully saturated rings. The number of halogens is 1. The topological polar surface area (TPSA) is 155 Å². The van der Waals surface area contributed by atoms with Gasteiger partial charge in [-0.15, -0.1) is 10.2 Å². The number of nitrogens with two attached hydrogens (primary N) is 1. The fourth-order valence-electron chi connectivity index (χ4n) is 11.1. The van der Waals surface area contributed by atoms with Crippen LogP contribution < -0.4 is 16.0 Å². The minimum Gasteiger partial charge on any atom is -0.476 e. The van der Waals surface area contributed by atoms with Crippen LogP contribution in [0.15, 0.2) is 41.5 Å². The number of allylic oxidation sites excluding steroid dienone is 1. The molecular weight excluding hydrogens is 742 g/mol. The van der Waals surface area contributed by atoms with Crippen LogP contribution >= 0.6 is 11.3 Å². The molecule has 5 unspecified atom stereocenters. The largest absolute Gasteiger partial charge is 0.476 e. The van der Waals surface area contributed by atoms with Crippen LogP contribution in [-0.2, 0) is 11.2 Å². The average molecular weight is 796 g/mol. The Bertz CT molecular complexity index is 2280. The molecule has 9 rings (SSSR count). The number of aromatic nitrogens is 4. The standard InChI is InChI=1S/C43H54FN9O3S/c1-25-29-9-8-14-53(38(29)51-50-37(25)49-40-47-33-11-7-10-32(44)36(33)57-40)34-13-12-30(35(48-34)39(54)55)31(20-45)26(2)46-21-28-18-42(4)22-41(3)17-27(28)19-43(23-41,24-42)56-16-15-52(5)6/h7,10-13,20,27-28H,8-9,14-19,21-24,45H2,1-6H3,(H,54,55)(H,47,49,50). The van der Waals surface area contributed by atoms with Crippen LogP contribution in [0.4, 0.5) is 27.0 Å². The van der Waals surface area contributed by atoms with Crippen LogP contribution in [0.3, 0.4) is 0 Å². The van der Waals surface area contributed by atoms with Crippen molar-refractivity contribution < 1.29 is 19.0 Å². The quantitative estimate of drug-likeness (QED) is 0.119. The first kappa shape index (κ1) is 39.3. The van der Waals surface area contributed by atoms with E-state index in [0.717, 1.165) is 62.8 Å².